The maximum absolute atomic E-state index is 12.2. The maximum atomic E-state index is 12.2. The van der Waals surface area contributed by atoms with Crippen molar-refractivity contribution in [1.29, 1.82) is 0 Å². The second-order valence-electron chi connectivity index (χ2n) is 6.84. The van der Waals surface area contributed by atoms with Crippen LogP contribution in [0, 0.1) is 10.1 Å². The average molecular weight is 351 g/mol. The number of carbonyl (C=O) groups excluding carboxylic acids is 1. The number of hydrogen-bond donors (Lipinski definition) is 1. The Balaban J connectivity index is 2.16. The van der Waals surface area contributed by atoms with Crippen molar-refractivity contribution < 1.29 is 14.5 Å². The van der Waals surface area contributed by atoms with Crippen LogP contribution in [0.2, 0.25) is 0 Å². The van der Waals surface area contributed by atoms with Crippen LogP contribution in [-0.2, 0) is 4.74 Å². The van der Waals surface area contributed by atoms with E-state index in [4.69, 9.17) is 4.74 Å². The van der Waals surface area contributed by atoms with Gasteiger partial charge >= 0.3 is 11.8 Å². The van der Waals surface area contributed by atoms with Crippen molar-refractivity contribution in [3.05, 3.63) is 22.4 Å². The number of rotatable bonds is 3. The van der Waals surface area contributed by atoms with Gasteiger partial charge in [-0.1, -0.05) is 0 Å². The van der Waals surface area contributed by atoms with Gasteiger partial charge < -0.3 is 19.9 Å². The van der Waals surface area contributed by atoms with Crippen LogP contribution < -0.4 is 10.2 Å². The number of ether oxygens (including phenoxy) is 1. The SMILES string of the molecule is CNc1nccc(N2CCCN(C(=O)OC(C)(C)C)CC2)c1[N+](=O)[O-]. The maximum Gasteiger partial charge on any atom is 0.410 e. The summed E-state index contributed by atoms with van der Waals surface area (Å²) < 4.78 is 5.41. The minimum atomic E-state index is -0.547. The van der Waals surface area contributed by atoms with Gasteiger partial charge in [0.1, 0.15) is 11.3 Å². The third-order valence-corrected chi connectivity index (χ3v) is 3.81. The van der Waals surface area contributed by atoms with E-state index in [2.05, 4.69) is 10.3 Å². The fraction of sp³-hybridized carbons (Fsp3) is 0.625. The fourth-order valence-corrected chi connectivity index (χ4v) is 2.73. The first-order chi connectivity index (χ1) is 11.7. The van der Waals surface area contributed by atoms with E-state index in [0.717, 1.165) is 0 Å². The summed E-state index contributed by atoms with van der Waals surface area (Å²) in [6.07, 6.45) is 1.90. The molecular weight excluding hydrogens is 326 g/mol. The highest BCUT2D eigenvalue weighted by molar-refractivity contribution is 5.74. The zero-order valence-corrected chi connectivity index (χ0v) is 15.1. The summed E-state index contributed by atoms with van der Waals surface area (Å²) in [6.45, 7) is 7.60. The number of nitro groups is 1. The van der Waals surface area contributed by atoms with Crippen molar-refractivity contribution in [2.24, 2.45) is 0 Å². The van der Waals surface area contributed by atoms with Gasteiger partial charge in [-0.05, 0) is 33.3 Å². The second kappa shape index (κ2) is 7.54. The first kappa shape index (κ1) is 18.8. The molecule has 25 heavy (non-hydrogen) atoms. The van der Waals surface area contributed by atoms with Gasteiger partial charge in [0.05, 0.1) is 4.92 Å². The third kappa shape index (κ3) is 4.71. The highest BCUT2D eigenvalue weighted by atomic mass is 16.6. The number of carbonyl (C=O) groups is 1. The van der Waals surface area contributed by atoms with E-state index in [1.54, 1.807) is 24.2 Å². The Morgan fingerprint density at radius 2 is 2.04 bits per heavy atom. The van der Waals surface area contributed by atoms with Gasteiger partial charge in [-0.15, -0.1) is 0 Å². The van der Waals surface area contributed by atoms with Gasteiger partial charge in [0, 0.05) is 39.4 Å². The predicted octanol–water partition coefficient (Wildman–Crippen LogP) is 2.48. The molecule has 0 spiro atoms. The topological polar surface area (TPSA) is 101 Å². The quantitative estimate of drug-likeness (QED) is 0.659. The highest BCUT2D eigenvalue weighted by Gasteiger charge is 2.28. The summed E-state index contributed by atoms with van der Waals surface area (Å²) in [5.74, 6) is 0.232. The summed E-state index contributed by atoms with van der Waals surface area (Å²) in [4.78, 5) is 30.9. The lowest BCUT2D eigenvalue weighted by Crippen LogP contribution is -2.39. The minimum absolute atomic E-state index is 0.0456. The van der Waals surface area contributed by atoms with Crippen LogP contribution in [-0.4, -0.2) is 59.7 Å². The van der Waals surface area contributed by atoms with Crippen molar-refractivity contribution >= 4 is 23.3 Å². The number of aromatic nitrogens is 1. The molecule has 2 rings (SSSR count). The van der Waals surface area contributed by atoms with E-state index in [9.17, 15) is 14.9 Å². The Bertz CT molecular complexity index is 644. The summed E-state index contributed by atoms with van der Waals surface area (Å²) in [5.41, 5.74) is -0.0830. The number of hydrogen-bond acceptors (Lipinski definition) is 7. The van der Waals surface area contributed by atoms with Gasteiger partial charge in [-0.3, -0.25) is 10.1 Å². The minimum Gasteiger partial charge on any atom is -0.444 e. The lowest BCUT2D eigenvalue weighted by molar-refractivity contribution is -0.383. The van der Waals surface area contributed by atoms with Crippen molar-refractivity contribution in [3.63, 3.8) is 0 Å². The molecule has 1 amide bonds. The molecule has 1 aliphatic heterocycles. The first-order valence-corrected chi connectivity index (χ1v) is 8.27. The molecule has 0 aliphatic carbocycles. The van der Waals surface area contributed by atoms with E-state index in [1.807, 2.05) is 25.7 Å². The molecule has 0 bridgehead atoms. The van der Waals surface area contributed by atoms with Crippen LogP contribution in [0.25, 0.3) is 0 Å². The normalized spacial score (nSPS) is 15.5. The van der Waals surface area contributed by atoms with Gasteiger partial charge in [0.15, 0.2) is 0 Å². The molecule has 0 radical (unpaired) electrons. The Morgan fingerprint density at radius 1 is 1.32 bits per heavy atom. The molecule has 9 nitrogen and oxygen atoms in total. The van der Waals surface area contributed by atoms with E-state index < -0.39 is 10.5 Å². The van der Waals surface area contributed by atoms with Gasteiger partial charge in [0.2, 0.25) is 5.82 Å². The number of pyridine rings is 1. The van der Waals surface area contributed by atoms with Crippen molar-refractivity contribution in [3.8, 4) is 0 Å². The zero-order valence-electron chi connectivity index (χ0n) is 15.1. The van der Waals surface area contributed by atoms with Gasteiger partial charge in [-0.25, -0.2) is 9.78 Å². The lowest BCUT2D eigenvalue weighted by Gasteiger charge is -2.27. The molecule has 0 atom stereocenters. The summed E-state index contributed by atoms with van der Waals surface area (Å²) in [5, 5.41) is 14.2. The lowest BCUT2D eigenvalue weighted by atomic mass is 10.2. The van der Waals surface area contributed by atoms with Gasteiger partial charge in [0.25, 0.3) is 0 Å². The summed E-state index contributed by atoms with van der Waals surface area (Å²) in [7, 11) is 1.60. The summed E-state index contributed by atoms with van der Waals surface area (Å²) >= 11 is 0. The average Bonchev–Trinajstić information content (AvgIpc) is 2.78. The monoisotopic (exact) mass is 351 g/mol. The van der Waals surface area contributed by atoms with Gasteiger partial charge in [-0.2, -0.15) is 0 Å². The molecule has 1 aromatic heterocycles. The smallest absolute Gasteiger partial charge is 0.410 e. The molecule has 1 aromatic rings. The van der Waals surface area contributed by atoms with E-state index in [0.29, 0.717) is 38.3 Å². The number of nitrogens with zero attached hydrogens (tertiary/aromatic N) is 4. The highest BCUT2D eigenvalue weighted by Crippen LogP contribution is 2.34. The van der Waals surface area contributed by atoms with Crippen LogP contribution in [0.1, 0.15) is 27.2 Å². The Labute approximate surface area is 147 Å². The van der Waals surface area contributed by atoms with Crippen LogP contribution in [0.15, 0.2) is 12.3 Å². The predicted molar refractivity (Wildman–Crippen MR) is 95.1 cm³/mol. The zero-order chi connectivity index (χ0) is 18.6. The molecule has 9 heteroatoms. The molecule has 1 saturated heterocycles. The second-order valence-corrected chi connectivity index (χ2v) is 6.84. The van der Waals surface area contributed by atoms with Crippen molar-refractivity contribution in [1.82, 2.24) is 9.88 Å². The number of nitrogens with one attached hydrogen (secondary N) is 1. The molecular formula is C16H25N5O4. The molecule has 138 valence electrons. The Kier molecular flexibility index (Phi) is 5.66. The fourth-order valence-electron chi connectivity index (χ4n) is 2.73. The molecule has 0 aromatic carbocycles. The van der Waals surface area contributed by atoms with Crippen LogP contribution >= 0.6 is 0 Å². The first-order valence-electron chi connectivity index (χ1n) is 8.27. The molecule has 1 N–H and O–H groups in total. The van der Waals surface area contributed by atoms with E-state index in [-0.39, 0.29) is 17.6 Å². The third-order valence-electron chi connectivity index (χ3n) is 3.81. The van der Waals surface area contributed by atoms with Crippen molar-refractivity contribution in [2.45, 2.75) is 32.8 Å². The number of anilines is 2. The molecule has 1 aliphatic rings. The van der Waals surface area contributed by atoms with Crippen molar-refractivity contribution in [2.75, 3.05) is 43.4 Å². The molecule has 2 heterocycles. The van der Waals surface area contributed by atoms with E-state index in [1.165, 1.54) is 0 Å². The summed E-state index contributed by atoms with van der Waals surface area (Å²) in [6, 6.07) is 1.64. The van der Waals surface area contributed by atoms with Crippen LogP contribution in [0.3, 0.4) is 0 Å². The Hall–Kier alpha value is -2.58. The molecule has 1 fully saturated rings. The van der Waals surface area contributed by atoms with E-state index >= 15 is 0 Å². The largest absolute Gasteiger partial charge is 0.444 e. The number of amides is 1. The standard InChI is InChI=1S/C16H25N5O4/c1-16(2,3)25-15(22)20-9-5-8-19(10-11-20)12-6-7-18-14(17-4)13(12)21(23)24/h6-7H,5,8-11H2,1-4H3,(H,17,18). The van der Waals surface area contributed by atoms with Crippen LogP contribution in [0.5, 0.6) is 0 Å². The molecule has 0 saturated carbocycles. The van der Waals surface area contributed by atoms with Crippen LogP contribution in [0.4, 0.5) is 22.0 Å². The molecule has 0 unspecified atom stereocenters. The Morgan fingerprint density at radius 3 is 2.64 bits per heavy atom.